The third-order valence-corrected chi connectivity index (χ3v) is 3.12. The minimum absolute atomic E-state index is 0.387. The van der Waals surface area contributed by atoms with Crippen LogP contribution in [0.5, 0.6) is 0 Å². The van der Waals surface area contributed by atoms with Crippen molar-refractivity contribution in [1.82, 2.24) is 0 Å². The first kappa shape index (κ1) is 12.6. The number of rotatable bonds is 3. The summed E-state index contributed by atoms with van der Waals surface area (Å²) in [6.07, 6.45) is -3.10. The second-order valence-electron chi connectivity index (χ2n) is 3.14. The zero-order valence-corrected chi connectivity index (χ0v) is 8.91. The maximum atomic E-state index is 9.69. The Hall–Kier alpha value is -0.435. The zero-order chi connectivity index (χ0) is 11.4. The van der Waals surface area contributed by atoms with Crippen LogP contribution in [0.15, 0.2) is 5.11 Å². The number of nitrogens with zero attached hydrogens (tertiary/aromatic N) is 3. The third-order valence-electron chi connectivity index (χ3n) is 2.27. The quantitative estimate of drug-likeness (QED) is 0.234. The summed E-state index contributed by atoms with van der Waals surface area (Å²) < 4.78 is 5.22. The van der Waals surface area contributed by atoms with Crippen LogP contribution in [0.1, 0.15) is 0 Å². The van der Waals surface area contributed by atoms with Crippen molar-refractivity contribution in [3.8, 4) is 0 Å². The third kappa shape index (κ3) is 2.57. The monoisotopic (exact) mass is 233 g/mol. The molecule has 0 amide bonds. The van der Waals surface area contributed by atoms with Gasteiger partial charge in [-0.2, -0.15) is 11.6 Å². The van der Waals surface area contributed by atoms with Gasteiger partial charge in [-0.3, -0.25) is 0 Å². The lowest BCUT2D eigenvalue weighted by molar-refractivity contribution is -0.159. The number of aliphatic hydroxyl groups is 3. The van der Waals surface area contributed by atoms with Crippen molar-refractivity contribution in [3.63, 3.8) is 0 Å². The van der Waals surface area contributed by atoms with E-state index in [4.69, 9.17) is 15.4 Å². The number of hydrogen-bond acceptors (Lipinski definition) is 6. The van der Waals surface area contributed by atoms with Gasteiger partial charge in [-0.15, -0.1) is 0 Å². The van der Waals surface area contributed by atoms with Crippen LogP contribution in [0, 0.1) is 0 Å². The van der Waals surface area contributed by atoms with Gasteiger partial charge in [0.2, 0.25) is 0 Å². The van der Waals surface area contributed by atoms with Crippen LogP contribution in [-0.4, -0.2) is 58.8 Å². The maximum Gasteiger partial charge on any atom is 0.177 e. The molecule has 3 unspecified atom stereocenters. The Kier molecular flexibility index (Phi) is 4.71. The minimum atomic E-state index is -1.19. The first-order valence-corrected chi connectivity index (χ1v) is 5.64. The van der Waals surface area contributed by atoms with Gasteiger partial charge in [-0.05, 0) is 5.53 Å². The molecule has 1 fully saturated rings. The summed E-state index contributed by atoms with van der Waals surface area (Å²) in [6.45, 7) is -0.387. The molecule has 1 saturated heterocycles. The predicted molar refractivity (Wildman–Crippen MR) is 56.8 cm³/mol. The fourth-order valence-electron chi connectivity index (χ4n) is 1.46. The molecule has 15 heavy (non-hydrogen) atoms. The summed E-state index contributed by atoms with van der Waals surface area (Å²) in [6, 6.07) is -0.988. The van der Waals surface area contributed by atoms with Crippen molar-refractivity contribution in [2.75, 3.05) is 6.61 Å². The van der Waals surface area contributed by atoms with Crippen LogP contribution in [-0.2, 0) is 4.74 Å². The van der Waals surface area contributed by atoms with E-state index in [9.17, 15) is 10.2 Å². The Morgan fingerprint density at radius 3 is 2.60 bits per heavy atom. The van der Waals surface area contributed by atoms with Crippen LogP contribution < -0.4 is 0 Å². The molecule has 0 aromatic rings. The van der Waals surface area contributed by atoms with E-state index in [2.05, 4.69) is 10.0 Å². The molecular formula is C6H12BN3O4S. The minimum Gasteiger partial charge on any atom is -0.394 e. The largest absolute Gasteiger partial charge is 0.394 e. The lowest BCUT2D eigenvalue weighted by Crippen LogP contribution is -2.56. The van der Waals surface area contributed by atoms with Crippen LogP contribution in [0.3, 0.4) is 0 Å². The highest BCUT2D eigenvalue weighted by molar-refractivity contribution is 8.20. The van der Waals surface area contributed by atoms with Gasteiger partial charge in [-0.25, -0.2) is 0 Å². The lowest BCUT2D eigenvalue weighted by Gasteiger charge is -2.39. The molecule has 0 spiro atoms. The highest BCUT2D eigenvalue weighted by Crippen LogP contribution is 2.28. The molecule has 1 aliphatic heterocycles. The SMILES string of the molecule is BS[C@H]1OC(CO)[C@H](O)C(N=[N+]=[N-])C1O. The first-order chi connectivity index (χ1) is 7.15. The van der Waals surface area contributed by atoms with E-state index in [1.54, 1.807) is 7.12 Å². The van der Waals surface area contributed by atoms with Crippen LogP contribution in [0.4, 0.5) is 0 Å². The van der Waals surface area contributed by atoms with Gasteiger partial charge in [-0.1, -0.05) is 5.11 Å². The van der Waals surface area contributed by atoms with Gasteiger partial charge in [0.15, 0.2) is 7.12 Å². The average Bonchev–Trinajstić information content (AvgIpc) is 2.25. The fourth-order valence-corrected chi connectivity index (χ4v) is 2.15. The lowest BCUT2D eigenvalue weighted by atomic mass is 9.98. The second-order valence-corrected chi connectivity index (χ2v) is 4.07. The van der Waals surface area contributed by atoms with Crippen molar-refractivity contribution in [2.24, 2.45) is 5.11 Å². The molecule has 1 aliphatic rings. The average molecular weight is 233 g/mol. The Labute approximate surface area is 91.4 Å². The van der Waals surface area contributed by atoms with E-state index >= 15 is 0 Å². The van der Waals surface area contributed by atoms with Gasteiger partial charge < -0.3 is 20.1 Å². The molecule has 3 N–H and O–H groups in total. The van der Waals surface area contributed by atoms with Crippen molar-refractivity contribution in [1.29, 1.82) is 0 Å². The number of azide groups is 1. The molecule has 9 heteroatoms. The van der Waals surface area contributed by atoms with Gasteiger partial charge >= 0.3 is 0 Å². The highest BCUT2D eigenvalue weighted by Gasteiger charge is 2.43. The van der Waals surface area contributed by atoms with Crippen molar-refractivity contribution in [2.45, 2.75) is 29.8 Å². The Bertz CT molecular complexity index is 249. The van der Waals surface area contributed by atoms with Crippen molar-refractivity contribution in [3.05, 3.63) is 10.4 Å². The molecule has 84 valence electrons. The van der Waals surface area contributed by atoms with E-state index in [1.807, 2.05) is 0 Å². The molecule has 1 heterocycles. The summed E-state index contributed by atoms with van der Waals surface area (Å²) in [5, 5.41) is 31.6. The summed E-state index contributed by atoms with van der Waals surface area (Å²) in [5.74, 6) is 0. The molecule has 0 aliphatic carbocycles. The molecule has 0 radical (unpaired) electrons. The summed E-state index contributed by atoms with van der Waals surface area (Å²) in [7, 11) is 1.72. The van der Waals surface area contributed by atoms with Crippen LogP contribution >= 0.6 is 11.6 Å². The van der Waals surface area contributed by atoms with Gasteiger partial charge in [0.1, 0.15) is 11.5 Å². The smallest absolute Gasteiger partial charge is 0.177 e. The normalized spacial score (nSPS) is 40.9. The van der Waals surface area contributed by atoms with Gasteiger partial charge in [0, 0.05) is 4.91 Å². The van der Waals surface area contributed by atoms with Crippen LogP contribution in [0.2, 0.25) is 0 Å². The molecule has 0 bridgehead atoms. The topological polar surface area (TPSA) is 119 Å². The zero-order valence-electron chi connectivity index (χ0n) is 8.09. The standard InChI is InChI=1S/C6H12BN3O4S/c7-15-6-5(13)3(9-10-8)4(12)2(1-11)14-6/h2-6,11-13H,1,7H2/t2?,3?,4-,5?,6+/m0/s1. The first-order valence-electron chi connectivity index (χ1n) is 4.35. The van der Waals surface area contributed by atoms with Crippen molar-refractivity contribution < 1.29 is 20.1 Å². The molecule has 0 saturated carbocycles. The molecular weight excluding hydrogens is 221 g/mol. The number of aliphatic hydroxyl groups excluding tert-OH is 3. The summed E-state index contributed by atoms with van der Waals surface area (Å²) in [5.41, 5.74) is 7.69. The van der Waals surface area contributed by atoms with E-state index < -0.39 is 29.8 Å². The fraction of sp³-hybridized carbons (Fsp3) is 1.00. The van der Waals surface area contributed by atoms with Crippen molar-refractivity contribution >= 4 is 18.7 Å². The molecule has 0 aromatic carbocycles. The summed E-state index contributed by atoms with van der Waals surface area (Å²) in [4.78, 5) is 2.56. The Morgan fingerprint density at radius 2 is 2.13 bits per heavy atom. The van der Waals surface area contributed by atoms with E-state index in [0.29, 0.717) is 0 Å². The van der Waals surface area contributed by atoms with E-state index in [0.717, 1.165) is 0 Å². The van der Waals surface area contributed by atoms with E-state index in [1.165, 1.54) is 11.6 Å². The second kappa shape index (κ2) is 5.59. The maximum absolute atomic E-state index is 9.69. The molecule has 7 nitrogen and oxygen atoms in total. The molecule has 0 aromatic heterocycles. The van der Waals surface area contributed by atoms with Gasteiger partial charge in [0.25, 0.3) is 0 Å². The molecule has 5 atom stereocenters. The molecule has 1 rings (SSSR count). The van der Waals surface area contributed by atoms with Gasteiger partial charge in [0.05, 0.1) is 24.9 Å². The number of ether oxygens (including phenoxy) is 1. The number of hydrogen-bond donors (Lipinski definition) is 3. The van der Waals surface area contributed by atoms with E-state index in [-0.39, 0.29) is 6.61 Å². The highest BCUT2D eigenvalue weighted by atomic mass is 32.2. The Balaban J connectivity index is 2.85. The predicted octanol–water partition coefficient (Wildman–Crippen LogP) is -1.61. The van der Waals surface area contributed by atoms with Crippen LogP contribution in [0.25, 0.3) is 10.4 Å². The summed E-state index contributed by atoms with van der Waals surface area (Å²) >= 11 is 1.23. The Morgan fingerprint density at radius 1 is 1.47 bits per heavy atom.